The van der Waals surface area contributed by atoms with E-state index in [0.29, 0.717) is 0 Å². The molecule has 0 heterocycles. The van der Waals surface area contributed by atoms with Gasteiger partial charge in [-0.1, -0.05) is 85.5 Å². The Bertz CT molecular complexity index is 613. The first kappa shape index (κ1) is 13.1. The Hall–Kier alpha value is -2.34. The second kappa shape index (κ2) is 6.01. The predicted molar refractivity (Wildman–Crippen MR) is 85.0 cm³/mol. The largest absolute Gasteiger partial charge is 0.0990 e. The van der Waals surface area contributed by atoms with Crippen LogP contribution in [-0.2, 0) is 0 Å². The van der Waals surface area contributed by atoms with Crippen molar-refractivity contribution in [2.45, 2.75) is 6.92 Å². The maximum atomic E-state index is 3.83. The zero-order valence-corrected chi connectivity index (χ0v) is 11.3. The summed E-state index contributed by atoms with van der Waals surface area (Å²) in [5.74, 6) is 0. The molecule has 0 fully saturated rings. The molecule has 0 N–H and O–H groups in total. The van der Waals surface area contributed by atoms with E-state index in [-0.39, 0.29) is 0 Å². The van der Waals surface area contributed by atoms with Crippen molar-refractivity contribution in [2.24, 2.45) is 0 Å². The number of hydrogen-bond donors (Lipinski definition) is 0. The molecule has 0 atom stereocenters. The summed E-state index contributed by atoms with van der Waals surface area (Å²) >= 11 is 0. The number of aryl methyl sites for hydroxylation is 1. The van der Waals surface area contributed by atoms with Crippen LogP contribution < -0.4 is 0 Å². The molecule has 0 aromatic heterocycles. The first-order chi connectivity index (χ1) is 9.24. The monoisotopic (exact) mass is 246 g/mol. The highest BCUT2D eigenvalue weighted by Crippen LogP contribution is 2.23. The first-order valence-corrected chi connectivity index (χ1v) is 6.37. The van der Waals surface area contributed by atoms with Crippen molar-refractivity contribution in [3.8, 4) is 11.1 Å². The maximum absolute atomic E-state index is 3.83. The molecule has 94 valence electrons. The molecule has 2 rings (SSSR count). The number of rotatable bonds is 4. The van der Waals surface area contributed by atoms with E-state index in [2.05, 4.69) is 68.6 Å². The van der Waals surface area contributed by atoms with Crippen LogP contribution in [0.4, 0.5) is 0 Å². The Balaban J connectivity index is 2.35. The summed E-state index contributed by atoms with van der Waals surface area (Å²) in [6, 6.07) is 17.1. The van der Waals surface area contributed by atoms with Crippen LogP contribution in [0, 0.1) is 6.92 Å². The third-order valence-corrected chi connectivity index (χ3v) is 3.09. The molecular formula is C19H18. The fourth-order valence-corrected chi connectivity index (χ4v) is 2.09. The molecule has 0 saturated carbocycles. The van der Waals surface area contributed by atoms with Gasteiger partial charge in [-0.2, -0.15) is 0 Å². The molecule has 0 radical (unpaired) electrons. The minimum Gasteiger partial charge on any atom is -0.0990 e. The highest BCUT2D eigenvalue weighted by molar-refractivity contribution is 5.76. The van der Waals surface area contributed by atoms with Crippen molar-refractivity contribution < 1.29 is 0 Å². The van der Waals surface area contributed by atoms with Crippen LogP contribution in [0.1, 0.15) is 11.1 Å². The molecule has 0 spiro atoms. The van der Waals surface area contributed by atoms with Gasteiger partial charge in [0, 0.05) is 0 Å². The zero-order chi connectivity index (χ0) is 13.7. The Morgan fingerprint density at radius 3 is 2.26 bits per heavy atom. The Morgan fingerprint density at radius 2 is 1.68 bits per heavy atom. The van der Waals surface area contributed by atoms with Crippen LogP contribution >= 0.6 is 0 Å². The predicted octanol–water partition coefficient (Wildman–Crippen LogP) is 5.42. The van der Waals surface area contributed by atoms with Crippen LogP contribution in [0.3, 0.4) is 0 Å². The lowest BCUT2D eigenvalue weighted by Crippen LogP contribution is -1.83. The molecule has 0 unspecified atom stereocenters. The topological polar surface area (TPSA) is 0 Å². The van der Waals surface area contributed by atoms with Crippen molar-refractivity contribution in [1.82, 2.24) is 0 Å². The minimum atomic E-state index is 1.09. The van der Waals surface area contributed by atoms with Gasteiger partial charge in [-0.3, -0.25) is 0 Å². The quantitative estimate of drug-likeness (QED) is 0.632. The molecule has 0 bridgehead atoms. The van der Waals surface area contributed by atoms with Gasteiger partial charge in [0.1, 0.15) is 0 Å². The van der Waals surface area contributed by atoms with E-state index in [1.807, 2.05) is 12.2 Å². The molecule has 2 aromatic carbocycles. The van der Waals surface area contributed by atoms with Gasteiger partial charge in [-0.05, 0) is 29.2 Å². The normalized spacial score (nSPS) is 11.1. The van der Waals surface area contributed by atoms with Gasteiger partial charge in [-0.15, -0.1) is 0 Å². The van der Waals surface area contributed by atoms with E-state index >= 15 is 0 Å². The van der Waals surface area contributed by atoms with E-state index in [0.717, 1.165) is 11.1 Å². The summed E-state index contributed by atoms with van der Waals surface area (Å²) in [4.78, 5) is 0. The molecule has 2 aromatic rings. The molecule has 0 amide bonds. The fraction of sp³-hybridized carbons (Fsp3) is 0.0526. The Kier molecular flexibility index (Phi) is 4.15. The van der Waals surface area contributed by atoms with Crippen LogP contribution in [-0.4, -0.2) is 0 Å². The molecular weight excluding hydrogens is 228 g/mol. The van der Waals surface area contributed by atoms with E-state index in [4.69, 9.17) is 0 Å². The molecule has 0 heteroatoms. The van der Waals surface area contributed by atoms with Crippen molar-refractivity contribution in [1.29, 1.82) is 0 Å². The smallest absolute Gasteiger partial charge is 0.0181 e. The van der Waals surface area contributed by atoms with Gasteiger partial charge in [0.25, 0.3) is 0 Å². The van der Waals surface area contributed by atoms with Crippen molar-refractivity contribution in [3.63, 3.8) is 0 Å². The fourth-order valence-electron chi connectivity index (χ4n) is 2.09. The van der Waals surface area contributed by atoms with E-state index in [1.165, 1.54) is 16.7 Å². The Labute approximate surface area is 115 Å². The number of hydrogen-bond acceptors (Lipinski definition) is 0. The lowest BCUT2D eigenvalue weighted by molar-refractivity contribution is 1.46. The summed E-state index contributed by atoms with van der Waals surface area (Å²) in [5.41, 5.74) is 6.01. The van der Waals surface area contributed by atoms with E-state index in [9.17, 15) is 0 Å². The third-order valence-electron chi connectivity index (χ3n) is 3.09. The van der Waals surface area contributed by atoms with Gasteiger partial charge in [0.15, 0.2) is 0 Å². The van der Waals surface area contributed by atoms with Crippen molar-refractivity contribution >= 4 is 5.57 Å². The molecule has 0 saturated heterocycles. The third kappa shape index (κ3) is 3.11. The van der Waals surface area contributed by atoms with Crippen LogP contribution in [0.25, 0.3) is 16.7 Å². The lowest BCUT2D eigenvalue weighted by Gasteiger charge is -2.06. The summed E-state index contributed by atoms with van der Waals surface area (Å²) in [7, 11) is 0. The maximum Gasteiger partial charge on any atom is -0.0181 e. The van der Waals surface area contributed by atoms with E-state index < -0.39 is 0 Å². The summed E-state index contributed by atoms with van der Waals surface area (Å²) in [6.45, 7) is 9.67. The van der Waals surface area contributed by atoms with Gasteiger partial charge < -0.3 is 0 Å². The van der Waals surface area contributed by atoms with Crippen LogP contribution in [0.15, 0.2) is 79.9 Å². The zero-order valence-electron chi connectivity index (χ0n) is 11.3. The van der Waals surface area contributed by atoms with Gasteiger partial charge in [0.2, 0.25) is 0 Å². The number of allylic oxidation sites excluding steroid dienone is 4. The minimum absolute atomic E-state index is 1.09. The lowest BCUT2D eigenvalue weighted by atomic mass is 9.99. The highest BCUT2D eigenvalue weighted by atomic mass is 14.0. The Morgan fingerprint density at radius 1 is 0.947 bits per heavy atom. The van der Waals surface area contributed by atoms with Crippen molar-refractivity contribution in [3.05, 3.63) is 91.0 Å². The second-order valence-corrected chi connectivity index (χ2v) is 4.51. The first-order valence-electron chi connectivity index (χ1n) is 6.37. The second-order valence-electron chi connectivity index (χ2n) is 4.51. The van der Waals surface area contributed by atoms with Crippen LogP contribution in [0.2, 0.25) is 0 Å². The molecule has 0 aliphatic carbocycles. The average molecular weight is 246 g/mol. The molecule has 19 heavy (non-hydrogen) atoms. The highest BCUT2D eigenvalue weighted by Gasteiger charge is 2.00. The SMILES string of the molecule is C=C/C=C(\C=C)c1ccc(-c2cccc(C)c2)cc1. The van der Waals surface area contributed by atoms with Gasteiger partial charge in [-0.25, -0.2) is 0 Å². The standard InChI is InChI=1S/C19H18/c1-4-7-16(5-2)17-10-12-18(13-11-17)19-9-6-8-15(3)14-19/h4-14H,1-2H2,3H3/b16-7+. The van der Waals surface area contributed by atoms with Gasteiger partial charge in [0.05, 0.1) is 0 Å². The number of benzene rings is 2. The molecule has 0 aliphatic rings. The summed E-state index contributed by atoms with van der Waals surface area (Å²) in [5, 5.41) is 0. The van der Waals surface area contributed by atoms with Crippen molar-refractivity contribution in [2.75, 3.05) is 0 Å². The molecule has 0 nitrogen and oxygen atoms in total. The summed E-state index contributed by atoms with van der Waals surface area (Å²) in [6.07, 6.45) is 5.60. The molecule has 0 aliphatic heterocycles. The van der Waals surface area contributed by atoms with E-state index in [1.54, 1.807) is 6.08 Å². The van der Waals surface area contributed by atoms with Gasteiger partial charge >= 0.3 is 0 Å². The average Bonchev–Trinajstić information content (AvgIpc) is 2.45. The van der Waals surface area contributed by atoms with Crippen LogP contribution in [0.5, 0.6) is 0 Å². The summed E-state index contributed by atoms with van der Waals surface area (Å²) < 4.78 is 0.